The van der Waals surface area contributed by atoms with E-state index in [1.54, 1.807) is 26.3 Å². The van der Waals surface area contributed by atoms with Crippen molar-refractivity contribution in [2.45, 2.75) is 70.7 Å². The van der Waals surface area contributed by atoms with Crippen molar-refractivity contribution >= 4 is 35.2 Å². The van der Waals surface area contributed by atoms with Crippen LogP contribution >= 0.6 is 11.3 Å². The summed E-state index contributed by atoms with van der Waals surface area (Å²) in [7, 11) is 0. The van der Waals surface area contributed by atoms with Crippen molar-refractivity contribution in [2.24, 2.45) is 5.41 Å². The first-order chi connectivity index (χ1) is 28.8. The molecule has 1 fully saturated rings. The largest absolute Gasteiger partial charge is 0.449 e. The van der Waals surface area contributed by atoms with Gasteiger partial charge < -0.3 is 45.3 Å². The molecule has 4 atom stereocenters. The summed E-state index contributed by atoms with van der Waals surface area (Å²) in [6.45, 7) is 7.92. The molecule has 1 aliphatic heterocycles. The number of aromatic nitrogens is 1. The number of nitrogens with one attached hydrogen (secondary N) is 3. The topological polar surface area (TPSA) is 189 Å². The summed E-state index contributed by atoms with van der Waals surface area (Å²) in [5.74, 6) is -1.54. The molecule has 1 aromatic heterocycles. The second-order valence-corrected chi connectivity index (χ2v) is 17.0. The third kappa shape index (κ3) is 10.9. The number of thiazole rings is 1. The van der Waals surface area contributed by atoms with E-state index in [1.807, 2.05) is 55.5 Å². The monoisotopic (exact) mass is 841 g/mol. The zero-order chi connectivity index (χ0) is 42.8. The van der Waals surface area contributed by atoms with Crippen molar-refractivity contribution in [3.05, 3.63) is 101 Å². The van der Waals surface area contributed by atoms with Gasteiger partial charge in [0.05, 0.1) is 41.4 Å². The highest BCUT2D eigenvalue weighted by Crippen LogP contribution is 2.44. The molecule has 6 rings (SSSR count). The van der Waals surface area contributed by atoms with Gasteiger partial charge in [-0.15, -0.1) is 11.3 Å². The Bertz CT molecular complexity index is 2060. The van der Waals surface area contributed by atoms with Crippen molar-refractivity contribution in [3.63, 3.8) is 0 Å². The lowest BCUT2D eigenvalue weighted by atomic mass is 9.85. The van der Waals surface area contributed by atoms with Gasteiger partial charge in [0.25, 0.3) is 0 Å². The minimum absolute atomic E-state index is 0.0147. The number of carbonyl (C=O) groups is 4. The van der Waals surface area contributed by atoms with E-state index in [0.29, 0.717) is 18.6 Å². The van der Waals surface area contributed by atoms with Crippen molar-refractivity contribution in [3.8, 4) is 21.6 Å². The summed E-state index contributed by atoms with van der Waals surface area (Å²) < 4.78 is 16.7. The fraction of sp³-hybridized carbons (Fsp3) is 0.444. The van der Waals surface area contributed by atoms with Crippen molar-refractivity contribution in [1.82, 2.24) is 25.8 Å². The Labute approximate surface area is 354 Å². The molecule has 0 radical (unpaired) electrons. The highest BCUT2D eigenvalue weighted by molar-refractivity contribution is 7.13. The van der Waals surface area contributed by atoms with Crippen LogP contribution in [-0.2, 0) is 28.6 Å². The lowest BCUT2D eigenvalue weighted by Crippen LogP contribution is -2.58. The number of carbonyl (C=O) groups excluding carboxylic acids is 4. The third-order valence-corrected chi connectivity index (χ3v) is 11.8. The summed E-state index contributed by atoms with van der Waals surface area (Å²) in [6, 6.07) is 21.0. The van der Waals surface area contributed by atoms with Crippen LogP contribution in [0, 0.1) is 12.3 Å². The van der Waals surface area contributed by atoms with Crippen molar-refractivity contribution < 1.29 is 43.6 Å². The van der Waals surface area contributed by atoms with Crippen LogP contribution in [0.4, 0.5) is 4.79 Å². The number of aliphatic hydroxyl groups excluding tert-OH is 2. The minimum Gasteiger partial charge on any atom is -0.449 e. The molecule has 2 heterocycles. The molecule has 3 aromatic carbocycles. The molecule has 0 unspecified atom stereocenters. The van der Waals surface area contributed by atoms with Crippen LogP contribution in [-0.4, -0.2) is 115 Å². The molecular formula is C45H55N5O9S. The molecule has 0 saturated carbocycles. The van der Waals surface area contributed by atoms with E-state index in [1.165, 1.54) is 16.2 Å². The van der Waals surface area contributed by atoms with Gasteiger partial charge in [0.2, 0.25) is 17.7 Å². The number of rotatable bonds is 18. The third-order valence-electron chi connectivity index (χ3n) is 10.8. The summed E-state index contributed by atoms with van der Waals surface area (Å²) in [6.07, 6.45) is -0.949. The number of hydrogen-bond acceptors (Lipinski definition) is 11. The van der Waals surface area contributed by atoms with Crippen LogP contribution in [0.3, 0.4) is 0 Å². The van der Waals surface area contributed by atoms with Gasteiger partial charge in [-0.1, -0.05) is 93.6 Å². The van der Waals surface area contributed by atoms with Gasteiger partial charge in [0.15, 0.2) is 0 Å². The van der Waals surface area contributed by atoms with E-state index in [4.69, 9.17) is 14.2 Å². The number of hydrogen-bond donors (Lipinski definition) is 5. The number of alkyl carbamates (subject to hydrolysis) is 1. The van der Waals surface area contributed by atoms with E-state index in [2.05, 4.69) is 45.2 Å². The van der Waals surface area contributed by atoms with Gasteiger partial charge in [0, 0.05) is 38.6 Å². The molecule has 14 nitrogen and oxygen atoms in total. The predicted molar refractivity (Wildman–Crippen MR) is 227 cm³/mol. The Morgan fingerprint density at radius 3 is 2.22 bits per heavy atom. The van der Waals surface area contributed by atoms with Crippen molar-refractivity contribution in [2.75, 3.05) is 52.7 Å². The number of nitrogens with zero attached hydrogens (tertiary/aromatic N) is 2. The number of aryl methyl sites for hydroxylation is 1. The molecule has 5 N–H and O–H groups in total. The van der Waals surface area contributed by atoms with Crippen LogP contribution in [0.2, 0.25) is 0 Å². The molecule has 0 spiro atoms. The first-order valence-electron chi connectivity index (χ1n) is 20.3. The van der Waals surface area contributed by atoms with Gasteiger partial charge in [0.1, 0.15) is 25.3 Å². The summed E-state index contributed by atoms with van der Waals surface area (Å²) >= 11 is 1.53. The van der Waals surface area contributed by atoms with Gasteiger partial charge in [-0.05, 0) is 52.1 Å². The average Bonchev–Trinajstić information content (AvgIpc) is 3.94. The molecule has 4 amide bonds. The maximum absolute atomic E-state index is 14.0. The Hall–Kier alpha value is -5.19. The first kappa shape index (κ1) is 44.4. The molecule has 320 valence electrons. The van der Waals surface area contributed by atoms with E-state index in [9.17, 15) is 29.4 Å². The number of β-amino-alcohol motifs (C(OH)–C–C–N with tert-alkyl or cyclic N) is 1. The van der Waals surface area contributed by atoms with Crippen molar-refractivity contribution in [1.29, 1.82) is 0 Å². The second kappa shape index (κ2) is 20.4. The van der Waals surface area contributed by atoms with Crippen LogP contribution in [0.5, 0.6) is 0 Å². The van der Waals surface area contributed by atoms with E-state index in [-0.39, 0.29) is 58.5 Å². The highest BCUT2D eigenvalue weighted by Gasteiger charge is 2.45. The fourth-order valence-electron chi connectivity index (χ4n) is 7.68. The number of ether oxygens (including phenoxy) is 3. The van der Waals surface area contributed by atoms with Crippen LogP contribution in [0.25, 0.3) is 21.6 Å². The zero-order valence-electron chi connectivity index (χ0n) is 34.5. The number of amides is 4. The second-order valence-electron chi connectivity index (χ2n) is 16.2. The highest BCUT2D eigenvalue weighted by atomic mass is 32.1. The molecule has 1 saturated heterocycles. The number of benzene rings is 3. The molecule has 60 heavy (non-hydrogen) atoms. The normalized spacial score (nSPS) is 17.1. The predicted octanol–water partition coefficient (Wildman–Crippen LogP) is 4.72. The van der Waals surface area contributed by atoms with E-state index in [0.717, 1.165) is 38.4 Å². The number of likely N-dealkylation sites (tertiary alicyclic amines) is 1. The van der Waals surface area contributed by atoms with E-state index >= 15 is 0 Å². The van der Waals surface area contributed by atoms with Crippen LogP contribution < -0.4 is 16.0 Å². The average molecular weight is 842 g/mol. The maximum atomic E-state index is 14.0. The first-order valence-corrected chi connectivity index (χ1v) is 21.2. The van der Waals surface area contributed by atoms with Gasteiger partial charge in [-0.25, -0.2) is 9.78 Å². The van der Waals surface area contributed by atoms with Gasteiger partial charge in [-0.2, -0.15) is 0 Å². The van der Waals surface area contributed by atoms with E-state index < -0.39 is 53.5 Å². The van der Waals surface area contributed by atoms with Crippen LogP contribution in [0.1, 0.15) is 68.0 Å². The molecule has 2 aliphatic rings. The van der Waals surface area contributed by atoms with Gasteiger partial charge in [-0.3, -0.25) is 14.4 Å². The molecular weight excluding hydrogens is 787 g/mol. The zero-order valence-corrected chi connectivity index (χ0v) is 35.3. The SMILES string of the molecule is Cc1ncsc1-c1ccc([C@H](CO)NC(=O)[C@@H]2C[C@@H](O)CN2C(=O)[C@@H](NC(=O)COCCCOCCNC(=O)OCC2c3ccccc3-c3ccccc32)C(C)(C)C)cc1. The molecule has 4 aromatic rings. The molecule has 1 aliphatic carbocycles. The quantitative estimate of drug-likeness (QED) is 0.0878. The van der Waals surface area contributed by atoms with Crippen LogP contribution in [0.15, 0.2) is 78.3 Å². The summed E-state index contributed by atoms with van der Waals surface area (Å²) in [5, 5.41) is 29.1. The summed E-state index contributed by atoms with van der Waals surface area (Å²) in [4.78, 5) is 59.7. The summed E-state index contributed by atoms with van der Waals surface area (Å²) in [5.41, 5.74) is 8.22. The Morgan fingerprint density at radius 1 is 0.917 bits per heavy atom. The lowest BCUT2D eigenvalue weighted by molar-refractivity contribution is -0.144. The van der Waals surface area contributed by atoms with Gasteiger partial charge >= 0.3 is 6.09 Å². The fourth-order valence-corrected chi connectivity index (χ4v) is 8.49. The molecule has 15 heteroatoms. The maximum Gasteiger partial charge on any atom is 0.407 e. The Morgan fingerprint density at radius 2 is 1.58 bits per heavy atom. The molecule has 0 bridgehead atoms. The minimum atomic E-state index is -1.02. The Balaban J connectivity index is 0.890. The Kier molecular flexibility index (Phi) is 15.1. The number of aliphatic hydroxyl groups is 2. The smallest absolute Gasteiger partial charge is 0.407 e. The lowest BCUT2D eigenvalue weighted by Gasteiger charge is -2.35. The standard InChI is InChI=1S/C45H55N5O9S/c1-28-40(60-27-47-28)30-16-14-29(15-17-30)37(24-51)48-42(54)38-22-31(52)23-50(38)43(55)41(45(2,3)4)49-39(53)26-58-20-9-19-57-21-18-46-44(56)59-25-36-34-12-7-5-10-32(34)33-11-6-8-13-35(33)36/h5-8,10-17,27,31,36-38,41,51-52H,9,18-26H2,1-4H3,(H,46,56)(H,48,54)(H,49,53)/t31-,37+,38+,41-/m1/s1. The number of fused-ring (bicyclic) bond motifs is 3.